The number of methoxy groups -OCH3 is 1. The lowest BCUT2D eigenvalue weighted by Crippen LogP contribution is -2.32. The molecule has 5 aromatic rings. The van der Waals surface area contributed by atoms with Gasteiger partial charge in [-0.05, 0) is 85.6 Å². The monoisotopic (exact) mass is 901 g/mol. The van der Waals surface area contributed by atoms with Crippen LogP contribution in [0.15, 0.2) is 94.9 Å². The topological polar surface area (TPSA) is 148 Å². The molecule has 0 saturated heterocycles. The van der Waals surface area contributed by atoms with Crippen molar-refractivity contribution in [3.63, 3.8) is 0 Å². The van der Waals surface area contributed by atoms with Crippen molar-refractivity contribution in [1.29, 1.82) is 0 Å². The predicted molar refractivity (Wildman–Crippen MR) is 221 cm³/mol. The van der Waals surface area contributed by atoms with Gasteiger partial charge in [-0.25, -0.2) is 27.2 Å². The Balaban J connectivity index is 0.000000205. The van der Waals surface area contributed by atoms with Crippen molar-refractivity contribution in [2.45, 2.75) is 41.3 Å². The van der Waals surface area contributed by atoms with Crippen LogP contribution in [-0.4, -0.2) is 47.6 Å². The number of thioether (sulfide) groups is 2. The summed E-state index contributed by atoms with van der Waals surface area (Å²) in [5.41, 5.74) is 2.18. The minimum atomic E-state index is -0.710. The Kier molecular flexibility index (Phi) is 14.8. The predicted octanol–water partition coefficient (Wildman–Crippen LogP) is 10.5. The molecule has 3 heterocycles. The van der Waals surface area contributed by atoms with Gasteiger partial charge < -0.3 is 30.7 Å². The van der Waals surface area contributed by atoms with Gasteiger partial charge in [0.1, 0.15) is 29.9 Å². The van der Waals surface area contributed by atoms with E-state index in [1.165, 1.54) is 79.2 Å². The van der Waals surface area contributed by atoms with Gasteiger partial charge in [0.05, 0.1) is 46.1 Å². The smallest absolute Gasteiger partial charge is 0.408 e. The van der Waals surface area contributed by atoms with E-state index in [1.807, 2.05) is 0 Å². The molecule has 2 atom stereocenters. The van der Waals surface area contributed by atoms with Crippen molar-refractivity contribution in [3.8, 4) is 0 Å². The van der Waals surface area contributed by atoms with Crippen LogP contribution in [0, 0.1) is 23.3 Å². The number of benzene rings is 4. The summed E-state index contributed by atoms with van der Waals surface area (Å²) in [5, 5.41) is 10.3. The standard InChI is InChI=1S/C23H18ClF2N3O3S.C18H15ClF2N2O3S/c24-16-11-13(4-6-17(16)25)28-22(30)15-5-7-18(26)20-19(8-10-33-21(15)20)29-23(31)32-12-14-3-1-2-9-27-14;1-26-18(25)23-14-6-7-27-16-10(3-5-13(21)15(14)16)17(24)22-9-2-4-12(20)11(19)8-9/h1-7,9,11,19H,8,10,12H2,(H,28,30)(H,29,31);2-5,8,14H,6-7H2,1H3,(H,22,24)(H,23,25)/t19-;14-/m10/s1. The number of nitrogens with one attached hydrogen (secondary N) is 4. The maximum absolute atomic E-state index is 14.8. The number of carbonyl (C=O) groups excluding carboxylic acids is 4. The molecule has 60 heavy (non-hydrogen) atoms. The van der Waals surface area contributed by atoms with Gasteiger partial charge >= 0.3 is 12.2 Å². The van der Waals surface area contributed by atoms with Gasteiger partial charge in [0, 0.05) is 50.0 Å². The van der Waals surface area contributed by atoms with Gasteiger partial charge in [-0.3, -0.25) is 14.6 Å². The van der Waals surface area contributed by atoms with Crippen LogP contribution in [0.4, 0.5) is 38.5 Å². The van der Waals surface area contributed by atoms with E-state index in [1.54, 1.807) is 24.4 Å². The number of rotatable bonds is 8. The summed E-state index contributed by atoms with van der Waals surface area (Å²) in [6, 6.07) is 16.7. The Bertz CT molecular complexity index is 2440. The molecule has 2 aliphatic rings. The minimum absolute atomic E-state index is 0.0217. The normalized spacial score (nSPS) is 15.2. The molecule has 0 radical (unpaired) electrons. The van der Waals surface area contributed by atoms with E-state index >= 15 is 0 Å². The maximum atomic E-state index is 14.8. The van der Waals surface area contributed by atoms with E-state index < -0.39 is 59.4 Å². The number of aromatic nitrogens is 1. The van der Waals surface area contributed by atoms with Gasteiger partial charge in [0.15, 0.2) is 0 Å². The van der Waals surface area contributed by atoms with Crippen LogP contribution < -0.4 is 21.3 Å². The fourth-order valence-corrected chi connectivity index (χ4v) is 9.06. The summed E-state index contributed by atoms with van der Waals surface area (Å²) in [6.07, 6.45) is 1.17. The van der Waals surface area contributed by atoms with Gasteiger partial charge in [0.2, 0.25) is 0 Å². The molecule has 0 bridgehead atoms. The van der Waals surface area contributed by atoms with Crippen LogP contribution in [0.2, 0.25) is 10.0 Å². The second kappa shape index (κ2) is 20.2. The van der Waals surface area contributed by atoms with Crippen LogP contribution in [-0.2, 0) is 16.1 Å². The van der Waals surface area contributed by atoms with E-state index in [9.17, 15) is 36.7 Å². The fourth-order valence-electron chi connectivity index (χ4n) is 6.16. The van der Waals surface area contributed by atoms with Crippen molar-refractivity contribution in [2.24, 2.45) is 0 Å². The molecule has 4 amide bonds. The van der Waals surface area contributed by atoms with Crippen molar-refractivity contribution < 1.29 is 46.2 Å². The summed E-state index contributed by atoms with van der Waals surface area (Å²) < 4.78 is 65.7. The Morgan fingerprint density at radius 2 is 1.17 bits per heavy atom. The highest BCUT2D eigenvalue weighted by Gasteiger charge is 2.31. The Morgan fingerprint density at radius 3 is 1.62 bits per heavy atom. The zero-order valence-corrected chi connectivity index (χ0v) is 34.4. The van der Waals surface area contributed by atoms with Crippen LogP contribution in [0.25, 0.3) is 0 Å². The first-order valence-corrected chi connectivity index (χ1v) is 20.7. The van der Waals surface area contributed by atoms with E-state index in [4.69, 9.17) is 27.9 Å². The number of ether oxygens (including phenoxy) is 2. The number of anilines is 2. The van der Waals surface area contributed by atoms with Crippen molar-refractivity contribution in [3.05, 3.63) is 146 Å². The first kappa shape index (κ1) is 44.1. The number of hydrogen-bond donors (Lipinski definition) is 4. The maximum Gasteiger partial charge on any atom is 0.408 e. The molecular formula is C41H33Cl2F4N5O6S2. The molecule has 0 fully saturated rings. The molecular weight excluding hydrogens is 870 g/mol. The lowest BCUT2D eigenvalue weighted by molar-refractivity contribution is 0.101. The summed E-state index contributed by atoms with van der Waals surface area (Å²) in [4.78, 5) is 54.4. The molecule has 19 heteroatoms. The highest BCUT2D eigenvalue weighted by atomic mass is 35.5. The highest BCUT2D eigenvalue weighted by Crippen LogP contribution is 2.42. The average molecular weight is 903 g/mol. The number of halogens is 6. The Labute approximate surface area is 359 Å². The molecule has 312 valence electrons. The number of carbonyl (C=O) groups is 4. The van der Waals surface area contributed by atoms with Crippen LogP contribution in [0.5, 0.6) is 0 Å². The molecule has 4 N–H and O–H groups in total. The molecule has 0 spiro atoms. The number of amides is 4. The SMILES string of the molecule is COC(=O)N[C@H]1CCSc2c(C(=O)Nc3ccc(F)c(Cl)c3)ccc(F)c21.O=C(N[C@@H]1CCSc2c(C(=O)Nc3ccc(F)c(Cl)c3)ccc(F)c21)OCc1ccccn1. The minimum Gasteiger partial charge on any atom is -0.453 e. The van der Waals surface area contributed by atoms with E-state index in [0.29, 0.717) is 51.2 Å². The van der Waals surface area contributed by atoms with E-state index in [-0.39, 0.29) is 38.9 Å². The van der Waals surface area contributed by atoms with Crippen LogP contribution in [0.1, 0.15) is 62.5 Å². The molecule has 0 unspecified atom stereocenters. The summed E-state index contributed by atoms with van der Waals surface area (Å²) in [7, 11) is 1.22. The van der Waals surface area contributed by atoms with E-state index in [0.717, 1.165) is 12.1 Å². The number of hydrogen-bond acceptors (Lipinski definition) is 9. The first-order valence-electron chi connectivity index (χ1n) is 17.9. The third kappa shape index (κ3) is 10.8. The van der Waals surface area contributed by atoms with Crippen molar-refractivity contribution in [2.75, 3.05) is 29.2 Å². The molecule has 7 rings (SSSR count). The van der Waals surface area contributed by atoms with Gasteiger partial charge in [-0.15, -0.1) is 23.5 Å². The van der Waals surface area contributed by atoms with Crippen LogP contribution in [0.3, 0.4) is 0 Å². The summed E-state index contributed by atoms with van der Waals surface area (Å²) >= 11 is 14.2. The molecule has 4 aromatic carbocycles. The Hall–Kier alpha value is -5.49. The molecule has 1 aromatic heterocycles. The number of pyridine rings is 1. The quantitative estimate of drug-likeness (QED) is 0.112. The second-order valence-corrected chi connectivity index (χ2v) is 15.9. The first-order chi connectivity index (χ1) is 28.8. The highest BCUT2D eigenvalue weighted by molar-refractivity contribution is 7.99. The van der Waals surface area contributed by atoms with Crippen LogP contribution >= 0.6 is 46.7 Å². The summed E-state index contributed by atoms with van der Waals surface area (Å²) in [6.45, 7) is -0.0217. The van der Waals surface area contributed by atoms with Gasteiger partial charge in [-0.1, -0.05) is 29.3 Å². The number of alkyl carbamates (subject to hydrolysis) is 2. The zero-order valence-electron chi connectivity index (χ0n) is 31.3. The third-order valence-corrected chi connectivity index (χ3v) is 11.9. The molecule has 2 aliphatic heterocycles. The number of fused-ring (bicyclic) bond motifs is 2. The molecule has 11 nitrogen and oxygen atoms in total. The van der Waals surface area contributed by atoms with Gasteiger partial charge in [0.25, 0.3) is 11.8 Å². The third-order valence-electron chi connectivity index (χ3n) is 8.98. The summed E-state index contributed by atoms with van der Waals surface area (Å²) in [5.74, 6) is -2.08. The average Bonchev–Trinajstić information content (AvgIpc) is 3.23. The number of nitrogens with zero attached hydrogens (tertiary/aromatic N) is 1. The van der Waals surface area contributed by atoms with Crippen molar-refractivity contribution in [1.82, 2.24) is 15.6 Å². The fraction of sp³-hybridized carbons (Fsp3) is 0.195. The molecule has 0 saturated carbocycles. The van der Waals surface area contributed by atoms with Gasteiger partial charge in [-0.2, -0.15) is 0 Å². The second-order valence-electron chi connectivity index (χ2n) is 12.9. The molecule has 0 aliphatic carbocycles. The zero-order chi connectivity index (χ0) is 42.9. The van der Waals surface area contributed by atoms with E-state index in [2.05, 4.69) is 31.0 Å². The lowest BCUT2D eigenvalue weighted by atomic mass is 9.99. The lowest BCUT2D eigenvalue weighted by Gasteiger charge is -2.27. The largest absolute Gasteiger partial charge is 0.453 e. The van der Waals surface area contributed by atoms with Crippen molar-refractivity contribution >= 4 is 82.1 Å². The Morgan fingerprint density at radius 1 is 0.683 bits per heavy atom.